The lowest BCUT2D eigenvalue weighted by Gasteiger charge is -2.11. The van der Waals surface area contributed by atoms with Gasteiger partial charge in [-0.2, -0.15) is 10.5 Å². The Morgan fingerprint density at radius 3 is 2.32 bits per heavy atom. The minimum atomic E-state index is -1.08. The first kappa shape index (κ1) is 18.5. The molecule has 1 heterocycles. The number of benzene rings is 2. The minimum absolute atomic E-state index is 0.0254. The van der Waals surface area contributed by atoms with E-state index in [-0.39, 0.29) is 16.9 Å². The molecule has 0 saturated carbocycles. The van der Waals surface area contributed by atoms with Gasteiger partial charge in [-0.1, -0.05) is 24.3 Å². The standard InChI is InChI=1S/C25H11F2N3O/c26-18-7-6-13-14(8-10-28)20(16(9-11-29)22(13)24(18)27)21-15-3-1-5-19(31)23(15)25-17(21)4-2-12-30-25/h1-9,12,31H/b14-8+,16-9?,21-20-. The minimum Gasteiger partial charge on any atom is -0.507 e. The van der Waals surface area contributed by atoms with E-state index in [0.29, 0.717) is 44.7 Å². The van der Waals surface area contributed by atoms with Crippen LogP contribution in [0.25, 0.3) is 28.0 Å². The Labute approximate surface area is 176 Å². The van der Waals surface area contributed by atoms with E-state index < -0.39 is 11.6 Å². The zero-order chi connectivity index (χ0) is 21.7. The van der Waals surface area contributed by atoms with Crippen LogP contribution in [-0.4, -0.2) is 10.1 Å². The van der Waals surface area contributed by atoms with Gasteiger partial charge in [-0.25, -0.2) is 8.78 Å². The number of pyridine rings is 1. The van der Waals surface area contributed by atoms with Crippen LogP contribution in [0.1, 0.15) is 22.3 Å². The Morgan fingerprint density at radius 1 is 0.806 bits per heavy atom. The highest BCUT2D eigenvalue weighted by molar-refractivity contribution is 6.19. The van der Waals surface area contributed by atoms with Crippen LogP contribution in [0.15, 0.2) is 66.4 Å². The lowest BCUT2D eigenvalue weighted by Crippen LogP contribution is -1.93. The molecule has 2 aliphatic carbocycles. The molecule has 5 rings (SSSR count). The van der Waals surface area contributed by atoms with Gasteiger partial charge in [0.25, 0.3) is 0 Å². The Kier molecular flexibility index (Phi) is 4.03. The number of hydrogen-bond donors (Lipinski definition) is 1. The second kappa shape index (κ2) is 6.76. The first-order valence-electron chi connectivity index (χ1n) is 9.30. The van der Waals surface area contributed by atoms with Crippen molar-refractivity contribution in [3.63, 3.8) is 0 Å². The molecule has 3 aromatic rings. The molecule has 0 amide bonds. The highest BCUT2D eigenvalue weighted by atomic mass is 19.2. The Morgan fingerprint density at radius 2 is 1.55 bits per heavy atom. The third kappa shape index (κ3) is 2.46. The fraction of sp³-hybridized carbons (Fsp3) is 0. The summed E-state index contributed by atoms with van der Waals surface area (Å²) < 4.78 is 29.0. The molecule has 0 bridgehead atoms. The first-order valence-corrected chi connectivity index (χ1v) is 9.30. The van der Waals surface area contributed by atoms with Gasteiger partial charge >= 0.3 is 0 Å². The lowest BCUT2D eigenvalue weighted by molar-refractivity contribution is 0.477. The van der Waals surface area contributed by atoms with Gasteiger partial charge in [0.05, 0.1) is 23.4 Å². The molecule has 1 aromatic heterocycles. The van der Waals surface area contributed by atoms with E-state index in [9.17, 15) is 24.4 Å². The number of phenolic OH excluding ortho intramolecular Hbond substituents is 1. The summed E-state index contributed by atoms with van der Waals surface area (Å²) in [6.45, 7) is 0. The largest absolute Gasteiger partial charge is 0.507 e. The fourth-order valence-corrected chi connectivity index (χ4v) is 4.35. The number of phenols is 1. The van der Waals surface area contributed by atoms with Crippen molar-refractivity contribution in [2.75, 3.05) is 0 Å². The third-order valence-corrected chi connectivity index (χ3v) is 5.49. The molecule has 31 heavy (non-hydrogen) atoms. The van der Waals surface area contributed by atoms with Crippen molar-refractivity contribution in [3.05, 3.63) is 100 Å². The number of nitriles is 2. The summed E-state index contributed by atoms with van der Waals surface area (Å²) >= 11 is 0. The van der Waals surface area contributed by atoms with Gasteiger partial charge in [-0.05, 0) is 29.3 Å². The second-order valence-electron chi connectivity index (χ2n) is 7.01. The highest BCUT2D eigenvalue weighted by Crippen LogP contribution is 2.56. The smallest absolute Gasteiger partial charge is 0.167 e. The van der Waals surface area contributed by atoms with Gasteiger partial charge in [0.2, 0.25) is 0 Å². The maximum atomic E-state index is 14.9. The van der Waals surface area contributed by atoms with E-state index in [2.05, 4.69) is 4.98 Å². The van der Waals surface area contributed by atoms with E-state index in [1.807, 2.05) is 12.1 Å². The number of fused-ring (bicyclic) bond motifs is 4. The molecule has 6 heteroatoms. The number of hydrogen-bond acceptors (Lipinski definition) is 4. The van der Waals surface area contributed by atoms with Crippen LogP contribution in [0.2, 0.25) is 0 Å². The van der Waals surface area contributed by atoms with Gasteiger partial charge in [-0.3, -0.25) is 4.98 Å². The SMILES string of the molecule is N#CC=C1C(=C2\c3cccnc3-c3c(O)cccc32)/C(=C/C#N)c2ccc(F)c(F)c21. The predicted octanol–water partition coefficient (Wildman–Crippen LogP) is 5.38. The van der Waals surface area contributed by atoms with E-state index in [0.717, 1.165) is 12.1 Å². The monoisotopic (exact) mass is 407 g/mol. The second-order valence-corrected chi connectivity index (χ2v) is 7.01. The van der Waals surface area contributed by atoms with Crippen LogP contribution in [0.4, 0.5) is 8.78 Å². The van der Waals surface area contributed by atoms with Crippen LogP contribution < -0.4 is 0 Å². The number of halogens is 2. The average Bonchev–Trinajstić information content (AvgIpc) is 3.25. The average molecular weight is 407 g/mol. The molecule has 146 valence electrons. The molecular formula is C25H11F2N3O. The molecule has 0 aliphatic heterocycles. The fourth-order valence-electron chi connectivity index (χ4n) is 4.35. The molecule has 0 unspecified atom stereocenters. The Bertz CT molecular complexity index is 1480. The molecule has 2 aliphatic rings. The third-order valence-electron chi connectivity index (χ3n) is 5.49. The zero-order valence-electron chi connectivity index (χ0n) is 15.8. The van der Waals surface area contributed by atoms with Crippen molar-refractivity contribution in [1.82, 2.24) is 4.98 Å². The number of nitrogens with zero attached hydrogens (tertiary/aromatic N) is 3. The maximum absolute atomic E-state index is 14.9. The van der Waals surface area contributed by atoms with E-state index >= 15 is 0 Å². The van der Waals surface area contributed by atoms with Crippen LogP contribution in [0, 0.1) is 34.3 Å². The van der Waals surface area contributed by atoms with Gasteiger partial charge in [-0.15, -0.1) is 0 Å². The number of aromatic nitrogens is 1. The summed E-state index contributed by atoms with van der Waals surface area (Å²) in [5.41, 5.74) is 4.16. The number of rotatable bonds is 0. The quantitative estimate of drug-likeness (QED) is 0.397. The van der Waals surface area contributed by atoms with Gasteiger partial charge in [0, 0.05) is 51.8 Å². The summed E-state index contributed by atoms with van der Waals surface area (Å²) in [5, 5.41) is 29.4. The van der Waals surface area contributed by atoms with Crippen LogP contribution in [0.5, 0.6) is 5.75 Å². The van der Waals surface area contributed by atoms with Crippen molar-refractivity contribution < 1.29 is 13.9 Å². The molecule has 0 spiro atoms. The van der Waals surface area contributed by atoms with Crippen molar-refractivity contribution in [3.8, 4) is 29.1 Å². The Hall–Kier alpha value is -4.55. The normalized spacial score (nSPS) is 18.5. The van der Waals surface area contributed by atoms with Crippen molar-refractivity contribution in [2.45, 2.75) is 0 Å². The van der Waals surface area contributed by atoms with Crippen molar-refractivity contribution >= 4 is 16.7 Å². The van der Waals surface area contributed by atoms with Crippen LogP contribution in [-0.2, 0) is 0 Å². The summed E-state index contributed by atoms with van der Waals surface area (Å²) in [4.78, 5) is 4.41. The molecule has 4 nitrogen and oxygen atoms in total. The van der Waals surface area contributed by atoms with E-state index in [1.165, 1.54) is 12.1 Å². The zero-order valence-corrected chi connectivity index (χ0v) is 15.8. The summed E-state index contributed by atoms with van der Waals surface area (Å²) in [6, 6.07) is 14.8. The van der Waals surface area contributed by atoms with Crippen molar-refractivity contribution in [2.24, 2.45) is 0 Å². The summed E-state index contributed by atoms with van der Waals surface area (Å²) in [5.74, 6) is -2.10. The van der Waals surface area contributed by atoms with Crippen LogP contribution in [0.3, 0.4) is 0 Å². The van der Waals surface area contributed by atoms with E-state index in [4.69, 9.17) is 0 Å². The molecule has 0 radical (unpaired) electrons. The van der Waals surface area contributed by atoms with Crippen LogP contribution >= 0.6 is 0 Å². The molecule has 0 fully saturated rings. The van der Waals surface area contributed by atoms with Crippen molar-refractivity contribution in [1.29, 1.82) is 10.5 Å². The highest BCUT2D eigenvalue weighted by Gasteiger charge is 2.37. The lowest BCUT2D eigenvalue weighted by atomic mass is 9.91. The van der Waals surface area contributed by atoms with Gasteiger partial charge in [0.1, 0.15) is 5.75 Å². The summed E-state index contributed by atoms with van der Waals surface area (Å²) in [6.07, 6.45) is 4.01. The molecule has 0 atom stereocenters. The molecule has 0 saturated heterocycles. The number of allylic oxidation sites excluding steroid dienone is 5. The molecule has 1 N–H and O–H groups in total. The predicted molar refractivity (Wildman–Crippen MR) is 111 cm³/mol. The number of aromatic hydroxyl groups is 1. The molecular weight excluding hydrogens is 396 g/mol. The first-order chi connectivity index (χ1) is 15.1. The van der Waals surface area contributed by atoms with E-state index in [1.54, 1.807) is 36.5 Å². The van der Waals surface area contributed by atoms with Gasteiger partial charge in [0.15, 0.2) is 11.6 Å². The Balaban J connectivity index is 2.00. The van der Waals surface area contributed by atoms with Gasteiger partial charge < -0.3 is 5.11 Å². The maximum Gasteiger partial charge on any atom is 0.167 e. The summed E-state index contributed by atoms with van der Waals surface area (Å²) in [7, 11) is 0. The topological polar surface area (TPSA) is 80.7 Å². The molecule has 2 aromatic carbocycles.